The zero-order valence-electron chi connectivity index (χ0n) is 18.0. The van der Waals surface area contributed by atoms with E-state index < -0.39 is 0 Å². The summed E-state index contributed by atoms with van der Waals surface area (Å²) in [5.41, 5.74) is 6.08. The normalized spacial score (nSPS) is 12.3. The molecule has 4 rings (SSSR count). The molecule has 0 fully saturated rings. The molecule has 1 unspecified atom stereocenters. The van der Waals surface area contributed by atoms with Gasteiger partial charge in [-0.15, -0.1) is 0 Å². The monoisotopic (exact) mass is 402 g/mol. The lowest BCUT2D eigenvalue weighted by molar-refractivity contribution is 0.0941. The number of pyridine rings is 1. The van der Waals surface area contributed by atoms with E-state index in [-0.39, 0.29) is 11.9 Å². The van der Waals surface area contributed by atoms with Gasteiger partial charge in [-0.25, -0.2) is 9.67 Å². The van der Waals surface area contributed by atoms with Crippen molar-refractivity contribution in [1.82, 2.24) is 29.9 Å². The highest BCUT2D eigenvalue weighted by atomic mass is 16.1. The number of carbonyl (C=O) groups is 1. The fourth-order valence-corrected chi connectivity index (χ4v) is 3.82. The molecule has 1 aromatic carbocycles. The number of nitrogens with one attached hydrogen (secondary N) is 1. The van der Waals surface area contributed by atoms with Crippen LogP contribution in [0.4, 0.5) is 0 Å². The fraction of sp³-hybridized carbons (Fsp3) is 0.304. The molecule has 3 heterocycles. The zero-order chi connectivity index (χ0) is 21.4. The number of aromatic nitrogens is 5. The van der Waals surface area contributed by atoms with Crippen LogP contribution in [0.15, 0.2) is 42.6 Å². The Labute approximate surface area is 175 Å². The summed E-state index contributed by atoms with van der Waals surface area (Å²) in [6.45, 7) is 8.40. The van der Waals surface area contributed by atoms with Crippen molar-refractivity contribution < 1.29 is 4.79 Å². The molecule has 1 atom stereocenters. The van der Waals surface area contributed by atoms with Crippen LogP contribution in [0, 0.1) is 20.8 Å². The minimum absolute atomic E-state index is 0.136. The summed E-state index contributed by atoms with van der Waals surface area (Å²) in [6, 6.07) is 11.8. The summed E-state index contributed by atoms with van der Waals surface area (Å²) in [4.78, 5) is 17.9. The third kappa shape index (κ3) is 3.58. The van der Waals surface area contributed by atoms with E-state index in [0.29, 0.717) is 12.1 Å². The summed E-state index contributed by atoms with van der Waals surface area (Å²) in [6.07, 6.45) is 1.80. The van der Waals surface area contributed by atoms with Gasteiger partial charge in [-0.1, -0.05) is 30.3 Å². The lowest BCUT2D eigenvalue weighted by Gasteiger charge is -2.15. The molecule has 7 nitrogen and oxygen atoms in total. The first kappa shape index (κ1) is 19.8. The van der Waals surface area contributed by atoms with Crippen LogP contribution in [-0.4, -0.2) is 30.5 Å². The van der Waals surface area contributed by atoms with Gasteiger partial charge in [0.1, 0.15) is 0 Å². The average molecular weight is 403 g/mol. The number of benzene rings is 1. The molecule has 0 aliphatic heterocycles. The maximum Gasteiger partial charge on any atom is 0.252 e. The summed E-state index contributed by atoms with van der Waals surface area (Å²) in [5, 5.41) is 12.9. The molecule has 1 amide bonds. The Morgan fingerprint density at radius 1 is 1.17 bits per heavy atom. The van der Waals surface area contributed by atoms with Gasteiger partial charge in [-0.05, 0) is 39.3 Å². The lowest BCUT2D eigenvalue weighted by Crippen LogP contribution is -2.27. The topological polar surface area (TPSA) is 77.6 Å². The maximum absolute atomic E-state index is 13.2. The SMILES string of the molecule is Cc1cc(C(=O)NC(C)c2cnn(C)c2C)c2c(C)nn(Cc3ccccc3)c2n1. The van der Waals surface area contributed by atoms with Crippen molar-refractivity contribution >= 4 is 16.9 Å². The van der Waals surface area contributed by atoms with E-state index in [1.165, 1.54) is 0 Å². The number of fused-ring (bicyclic) bond motifs is 1. The molecule has 0 aliphatic rings. The highest BCUT2D eigenvalue weighted by Gasteiger charge is 2.21. The summed E-state index contributed by atoms with van der Waals surface area (Å²) in [5.74, 6) is -0.136. The van der Waals surface area contributed by atoms with Crippen LogP contribution < -0.4 is 5.32 Å². The number of amides is 1. The summed E-state index contributed by atoms with van der Waals surface area (Å²) in [7, 11) is 1.90. The van der Waals surface area contributed by atoms with E-state index in [1.54, 1.807) is 6.20 Å². The second-order valence-electron chi connectivity index (χ2n) is 7.74. The van der Waals surface area contributed by atoms with Gasteiger partial charge in [0.25, 0.3) is 5.91 Å². The van der Waals surface area contributed by atoms with Gasteiger partial charge >= 0.3 is 0 Å². The minimum Gasteiger partial charge on any atom is -0.345 e. The second-order valence-corrected chi connectivity index (χ2v) is 7.74. The first-order valence-corrected chi connectivity index (χ1v) is 10.0. The van der Waals surface area contributed by atoms with Crippen molar-refractivity contribution in [1.29, 1.82) is 0 Å². The van der Waals surface area contributed by atoms with Crippen LogP contribution in [0.1, 0.15) is 51.5 Å². The predicted octanol–water partition coefficient (Wildman–Crippen LogP) is 3.63. The van der Waals surface area contributed by atoms with Gasteiger partial charge in [0.05, 0.1) is 35.4 Å². The largest absolute Gasteiger partial charge is 0.345 e. The molecule has 30 heavy (non-hydrogen) atoms. The molecule has 4 aromatic rings. The molecule has 0 saturated heterocycles. The van der Waals surface area contributed by atoms with Crippen LogP contribution in [0.5, 0.6) is 0 Å². The lowest BCUT2D eigenvalue weighted by atomic mass is 10.1. The maximum atomic E-state index is 13.2. The standard InChI is InChI=1S/C23H26N6O/c1-14-11-19(23(30)26-15(2)20-12-24-28(5)17(20)4)21-16(3)27-29(22(21)25-14)13-18-9-7-6-8-10-18/h6-12,15H,13H2,1-5H3,(H,26,30). The van der Waals surface area contributed by atoms with Gasteiger partial charge < -0.3 is 5.32 Å². The van der Waals surface area contributed by atoms with Crippen molar-refractivity contribution in [2.24, 2.45) is 7.05 Å². The highest BCUT2D eigenvalue weighted by molar-refractivity contribution is 6.06. The Morgan fingerprint density at radius 2 is 1.90 bits per heavy atom. The number of carbonyl (C=O) groups excluding carboxylic acids is 1. The molecule has 0 radical (unpaired) electrons. The quantitative estimate of drug-likeness (QED) is 0.553. The van der Waals surface area contributed by atoms with Crippen LogP contribution >= 0.6 is 0 Å². The first-order chi connectivity index (χ1) is 14.3. The van der Waals surface area contributed by atoms with Crippen molar-refractivity contribution in [2.45, 2.75) is 40.3 Å². The molecule has 0 spiro atoms. The highest BCUT2D eigenvalue weighted by Crippen LogP contribution is 2.24. The van der Waals surface area contributed by atoms with Crippen molar-refractivity contribution in [2.75, 3.05) is 0 Å². The van der Waals surface area contributed by atoms with Crippen molar-refractivity contribution in [3.63, 3.8) is 0 Å². The second kappa shape index (κ2) is 7.74. The van der Waals surface area contributed by atoms with E-state index in [2.05, 4.69) is 27.6 Å². The smallest absolute Gasteiger partial charge is 0.252 e. The Balaban J connectivity index is 1.70. The third-order valence-electron chi connectivity index (χ3n) is 5.51. The molecular formula is C23H26N6O. The molecule has 0 saturated carbocycles. The van der Waals surface area contributed by atoms with Gasteiger partial charge in [0.2, 0.25) is 0 Å². The Morgan fingerprint density at radius 3 is 2.57 bits per heavy atom. The number of aryl methyl sites for hydroxylation is 3. The number of rotatable bonds is 5. The number of hydrogen-bond donors (Lipinski definition) is 1. The van der Waals surface area contributed by atoms with E-state index in [9.17, 15) is 4.79 Å². The van der Waals surface area contributed by atoms with E-state index in [0.717, 1.165) is 39.2 Å². The van der Waals surface area contributed by atoms with Crippen LogP contribution in [0.25, 0.3) is 11.0 Å². The van der Waals surface area contributed by atoms with Crippen molar-refractivity contribution in [3.8, 4) is 0 Å². The third-order valence-corrected chi connectivity index (χ3v) is 5.51. The Kier molecular flexibility index (Phi) is 5.11. The van der Waals surface area contributed by atoms with E-state index in [1.807, 2.05) is 68.4 Å². The van der Waals surface area contributed by atoms with Crippen molar-refractivity contribution in [3.05, 3.63) is 76.4 Å². The van der Waals surface area contributed by atoms with E-state index >= 15 is 0 Å². The van der Waals surface area contributed by atoms with Crippen LogP contribution in [0.3, 0.4) is 0 Å². The summed E-state index contributed by atoms with van der Waals surface area (Å²) < 4.78 is 3.68. The molecule has 0 bridgehead atoms. The molecule has 0 aliphatic carbocycles. The van der Waals surface area contributed by atoms with Gasteiger partial charge in [-0.3, -0.25) is 9.48 Å². The zero-order valence-corrected chi connectivity index (χ0v) is 18.0. The summed E-state index contributed by atoms with van der Waals surface area (Å²) >= 11 is 0. The predicted molar refractivity (Wildman–Crippen MR) is 116 cm³/mol. The van der Waals surface area contributed by atoms with Gasteiger partial charge in [0, 0.05) is 24.0 Å². The number of hydrogen-bond acceptors (Lipinski definition) is 4. The molecule has 3 aromatic heterocycles. The fourth-order valence-electron chi connectivity index (χ4n) is 3.82. The number of nitrogens with zero attached hydrogens (tertiary/aromatic N) is 5. The minimum atomic E-state index is -0.158. The molecule has 7 heteroatoms. The Bertz CT molecular complexity index is 1220. The van der Waals surface area contributed by atoms with Crippen LogP contribution in [-0.2, 0) is 13.6 Å². The molecule has 154 valence electrons. The molecular weight excluding hydrogens is 376 g/mol. The first-order valence-electron chi connectivity index (χ1n) is 10.0. The molecule has 1 N–H and O–H groups in total. The van der Waals surface area contributed by atoms with Crippen LogP contribution in [0.2, 0.25) is 0 Å². The van der Waals surface area contributed by atoms with E-state index in [4.69, 9.17) is 4.98 Å². The van der Waals surface area contributed by atoms with Gasteiger partial charge in [-0.2, -0.15) is 10.2 Å². The van der Waals surface area contributed by atoms with Gasteiger partial charge in [0.15, 0.2) is 5.65 Å². The Hall–Kier alpha value is -3.48. The average Bonchev–Trinajstić information content (AvgIpc) is 3.21.